The SMILES string of the molecule is CC(=O)c1cccc(NC(=O)C(=O)NC(=O)C2CCNCC2)c1. The van der Waals surface area contributed by atoms with E-state index >= 15 is 0 Å². The highest BCUT2D eigenvalue weighted by Gasteiger charge is 2.25. The van der Waals surface area contributed by atoms with Crippen LogP contribution < -0.4 is 16.0 Å². The maximum atomic E-state index is 11.9. The average Bonchev–Trinajstić information content (AvgIpc) is 2.55. The number of imide groups is 1. The van der Waals surface area contributed by atoms with E-state index < -0.39 is 17.7 Å². The van der Waals surface area contributed by atoms with Crippen molar-refractivity contribution >= 4 is 29.2 Å². The van der Waals surface area contributed by atoms with Gasteiger partial charge in [-0.05, 0) is 45.0 Å². The fourth-order valence-electron chi connectivity index (χ4n) is 2.36. The number of carbonyl (C=O) groups excluding carboxylic acids is 4. The van der Waals surface area contributed by atoms with Gasteiger partial charge in [-0.1, -0.05) is 12.1 Å². The molecule has 3 N–H and O–H groups in total. The van der Waals surface area contributed by atoms with Gasteiger partial charge < -0.3 is 10.6 Å². The summed E-state index contributed by atoms with van der Waals surface area (Å²) in [6.45, 7) is 2.85. The molecule has 0 radical (unpaired) electrons. The minimum atomic E-state index is -0.998. The minimum absolute atomic E-state index is 0.147. The highest BCUT2D eigenvalue weighted by molar-refractivity contribution is 6.42. The summed E-state index contributed by atoms with van der Waals surface area (Å²) in [5.41, 5.74) is 0.751. The Morgan fingerprint density at radius 1 is 1.09 bits per heavy atom. The number of nitrogens with one attached hydrogen (secondary N) is 3. The molecule has 0 spiro atoms. The smallest absolute Gasteiger partial charge is 0.316 e. The van der Waals surface area contributed by atoms with E-state index in [0.29, 0.717) is 24.1 Å². The van der Waals surface area contributed by atoms with Crippen molar-refractivity contribution in [2.75, 3.05) is 18.4 Å². The third-order valence-electron chi connectivity index (χ3n) is 3.68. The molecule has 3 amide bonds. The summed E-state index contributed by atoms with van der Waals surface area (Å²) in [4.78, 5) is 46.9. The second kappa shape index (κ2) is 7.64. The molecule has 1 heterocycles. The molecule has 0 unspecified atom stereocenters. The Morgan fingerprint density at radius 3 is 2.43 bits per heavy atom. The fraction of sp³-hybridized carbons (Fsp3) is 0.375. The summed E-state index contributed by atoms with van der Waals surface area (Å²) < 4.78 is 0. The third kappa shape index (κ3) is 4.72. The molecule has 0 saturated carbocycles. The van der Waals surface area contributed by atoms with Gasteiger partial charge in [0.15, 0.2) is 5.78 Å². The van der Waals surface area contributed by atoms with Gasteiger partial charge in [0.2, 0.25) is 5.91 Å². The molecule has 1 aromatic rings. The van der Waals surface area contributed by atoms with Gasteiger partial charge in [-0.3, -0.25) is 24.5 Å². The van der Waals surface area contributed by atoms with Gasteiger partial charge in [-0.25, -0.2) is 0 Å². The number of Topliss-reactive ketones (excluding diaryl/α,β-unsaturated/α-hetero) is 1. The Bertz CT molecular complexity index is 636. The van der Waals surface area contributed by atoms with Crippen LogP contribution >= 0.6 is 0 Å². The summed E-state index contributed by atoms with van der Waals surface area (Å²) in [5.74, 6) is -2.76. The van der Waals surface area contributed by atoms with Crippen LogP contribution in [0.3, 0.4) is 0 Å². The predicted octanol–water partition coefficient (Wildman–Crippen LogP) is 0.470. The van der Waals surface area contributed by atoms with Crippen molar-refractivity contribution in [3.8, 4) is 0 Å². The summed E-state index contributed by atoms with van der Waals surface area (Å²) in [7, 11) is 0. The number of rotatable bonds is 3. The first-order valence-corrected chi connectivity index (χ1v) is 7.45. The number of hydrogen-bond acceptors (Lipinski definition) is 5. The van der Waals surface area contributed by atoms with E-state index in [1.165, 1.54) is 13.0 Å². The minimum Gasteiger partial charge on any atom is -0.318 e. The van der Waals surface area contributed by atoms with Crippen LogP contribution in [0.2, 0.25) is 0 Å². The molecule has 1 fully saturated rings. The molecular formula is C16H19N3O4. The van der Waals surface area contributed by atoms with E-state index in [9.17, 15) is 19.2 Å². The number of anilines is 1. The van der Waals surface area contributed by atoms with Crippen molar-refractivity contribution in [2.45, 2.75) is 19.8 Å². The Morgan fingerprint density at radius 2 is 1.78 bits per heavy atom. The van der Waals surface area contributed by atoms with E-state index in [-0.39, 0.29) is 11.7 Å². The normalized spacial score (nSPS) is 14.8. The van der Waals surface area contributed by atoms with Crippen molar-refractivity contribution in [2.24, 2.45) is 5.92 Å². The van der Waals surface area contributed by atoms with Crippen molar-refractivity contribution in [3.05, 3.63) is 29.8 Å². The molecular weight excluding hydrogens is 298 g/mol. The molecule has 1 aliphatic heterocycles. The van der Waals surface area contributed by atoms with E-state index in [1.54, 1.807) is 18.2 Å². The lowest BCUT2D eigenvalue weighted by molar-refractivity contribution is -0.141. The summed E-state index contributed by atoms with van der Waals surface area (Å²) >= 11 is 0. The summed E-state index contributed by atoms with van der Waals surface area (Å²) in [5, 5.41) is 7.62. The van der Waals surface area contributed by atoms with Crippen LogP contribution in [-0.2, 0) is 14.4 Å². The molecule has 0 aromatic heterocycles. The molecule has 1 aromatic carbocycles. The number of piperidine rings is 1. The molecule has 0 atom stereocenters. The molecule has 0 aliphatic carbocycles. The van der Waals surface area contributed by atoms with Crippen LogP contribution in [0.15, 0.2) is 24.3 Å². The number of hydrogen-bond donors (Lipinski definition) is 3. The average molecular weight is 317 g/mol. The van der Waals surface area contributed by atoms with Crippen LogP contribution in [0.25, 0.3) is 0 Å². The van der Waals surface area contributed by atoms with Gasteiger partial charge in [0, 0.05) is 17.2 Å². The molecule has 0 bridgehead atoms. The second-order valence-corrected chi connectivity index (χ2v) is 5.43. The topological polar surface area (TPSA) is 104 Å². The van der Waals surface area contributed by atoms with Crippen LogP contribution in [0.1, 0.15) is 30.1 Å². The highest BCUT2D eigenvalue weighted by Crippen LogP contribution is 2.12. The number of ketones is 1. The zero-order chi connectivity index (χ0) is 16.8. The number of carbonyl (C=O) groups is 4. The van der Waals surface area contributed by atoms with Crippen LogP contribution in [0, 0.1) is 5.92 Å². The predicted molar refractivity (Wildman–Crippen MR) is 83.8 cm³/mol. The molecule has 2 rings (SSSR count). The highest BCUT2D eigenvalue weighted by atomic mass is 16.2. The molecule has 1 saturated heterocycles. The lowest BCUT2D eigenvalue weighted by Gasteiger charge is -2.21. The van der Waals surface area contributed by atoms with Gasteiger partial charge in [0.05, 0.1) is 0 Å². The Labute approximate surface area is 133 Å². The first-order valence-electron chi connectivity index (χ1n) is 7.45. The third-order valence-corrected chi connectivity index (χ3v) is 3.68. The fourth-order valence-corrected chi connectivity index (χ4v) is 2.36. The monoisotopic (exact) mass is 317 g/mol. The maximum absolute atomic E-state index is 11.9. The van der Waals surface area contributed by atoms with Crippen molar-refractivity contribution < 1.29 is 19.2 Å². The first kappa shape index (κ1) is 16.8. The molecule has 122 valence electrons. The Kier molecular flexibility index (Phi) is 5.59. The number of amides is 3. The van der Waals surface area contributed by atoms with Gasteiger partial charge >= 0.3 is 11.8 Å². The van der Waals surface area contributed by atoms with E-state index in [1.807, 2.05) is 0 Å². The van der Waals surface area contributed by atoms with Crippen LogP contribution in [0.4, 0.5) is 5.69 Å². The summed E-state index contributed by atoms with van der Waals surface area (Å²) in [6.07, 6.45) is 1.28. The summed E-state index contributed by atoms with van der Waals surface area (Å²) in [6, 6.07) is 6.25. The lowest BCUT2D eigenvalue weighted by atomic mass is 9.97. The van der Waals surface area contributed by atoms with Crippen molar-refractivity contribution in [3.63, 3.8) is 0 Å². The number of benzene rings is 1. The zero-order valence-corrected chi connectivity index (χ0v) is 12.8. The quantitative estimate of drug-likeness (QED) is 0.555. The molecule has 23 heavy (non-hydrogen) atoms. The van der Waals surface area contributed by atoms with Gasteiger partial charge in [-0.15, -0.1) is 0 Å². The Balaban J connectivity index is 1.92. The first-order chi connectivity index (χ1) is 11.0. The maximum Gasteiger partial charge on any atom is 0.316 e. The van der Waals surface area contributed by atoms with E-state index in [4.69, 9.17) is 0 Å². The van der Waals surface area contributed by atoms with Crippen molar-refractivity contribution in [1.29, 1.82) is 0 Å². The standard InChI is InChI=1S/C16H19N3O4/c1-10(20)12-3-2-4-13(9-12)18-15(22)16(23)19-14(21)11-5-7-17-8-6-11/h2-4,9,11,17H,5-8H2,1H3,(H,18,22)(H,19,21,23). The second-order valence-electron chi connectivity index (χ2n) is 5.43. The van der Waals surface area contributed by atoms with Gasteiger partial charge in [0.25, 0.3) is 0 Å². The largest absolute Gasteiger partial charge is 0.318 e. The molecule has 1 aliphatic rings. The Hall–Kier alpha value is -2.54. The molecule has 7 heteroatoms. The molecule has 7 nitrogen and oxygen atoms in total. The lowest BCUT2D eigenvalue weighted by Crippen LogP contribution is -2.44. The van der Waals surface area contributed by atoms with Gasteiger partial charge in [-0.2, -0.15) is 0 Å². The van der Waals surface area contributed by atoms with Gasteiger partial charge in [0.1, 0.15) is 0 Å². The van der Waals surface area contributed by atoms with E-state index in [2.05, 4.69) is 16.0 Å². The zero-order valence-electron chi connectivity index (χ0n) is 12.8. The van der Waals surface area contributed by atoms with Crippen LogP contribution in [-0.4, -0.2) is 36.6 Å². The van der Waals surface area contributed by atoms with Crippen LogP contribution in [0.5, 0.6) is 0 Å². The van der Waals surface area contributed by atoms with E-state index in [0.717, 1.165) is 13.1 Å². The van der Waals surface area contributed by atoms with Crippen molar-refractivity contribution in [1.82, 2.24) is 10.6 Å².